The standard InChI is InChI=1S/C30H42O2/c1-27(2,3)21-13-19(14-22(17-21)28(4,5)6)25(31)26(32)20-15-23(29(7,8)9)18-24(16-20)30(10,11)12/h13-18H,1-12H3. The zero-order valence-electron chi connectivity index (χ0n) is 22.3. The van der Waals surface area contributed by atoms with E-state index in [4.69, 9.17) is 0 Å². The van der Waals surface area contributed by atoms with Crippen molar-refractivity contribution < 1.29 is 9.59 Å². The van der Waals surface area contributed by atoms with Crippen LogP contribution in [0, 0.1) is 0 Å². The van der Waals surface area contributed by atoms with Crippen molar-refractivity contribution in [2.45, 2.75) is 105 Å². The average molecular weight is 435 g/mol. The summed E-state index contributed by atoms with van der Waals surface area (Å²) in [5, 5.41) is 0. The lowest BCUT2D eigenvalue weighted by Gasteiger charge is -2.26. The van der Waals surface area contributed by atoms with E-state index in [1.807, 2.05) is 24.3 Å². The summed E-state index contributed by atoms with van der Waals surface area (Å²) < 4.78 is 0. The third-order valence-electron chi connectivity index (χ3n) is 6.06. The van der Waals surface area contributed by atoms with Gasteiger partial charge in [-0.1, -0.05) is 95.2 Å². The van der Waals surface area contributed by atoms with Gasteiger partial charge in [0.05, 0.1) is 0 Å². The second kappa shape index (κ2) is 8.28. The molecular formula is C30H42O2. The highest BCUT2D eigenvalue weighted by Crippen LogP contribution is 2.33. The molecule has 0 spiro atoms. The van der Waals surface area contributed by atoms with Gasteiger partial charge in [-0.2, -0.15) is 0 Å². The highest BCUT2D eigenvalue weighted by molar-refractivity contribution is 6.49. The molecule has 0 aliphatic rings. The maximum absolute atomic E-state index is 13.5. The molecule has 0 radical (unpaired) electrons. The van der Waals surface area contributed by atoms with Gasteiger partial charge in [0.15, 0.2) is 0 Å². The minimum Gasteiger partial charge on any atom is -0.285 e. The number of Topliss-reactive ketones (excluding diaryl/α,β-unsaturated/α-hetero) is 2. The SMILES string of the molecule is CC(C)(C)c1cc(C(=O)C(=O)c2cc(C(C)(C)C)cc(C(C)(C)C)c2)cc(C(C)(C)C)c1. The third-order valence-corrected chi connectivity index (χ3v) is 6.06. The summed E-state index contributed by atoms with van der Waals surface area (Å²) in [6.07, 6.45) is 0. The molecule has 174 valence electrons. The molecule has 0 aliphatic carbocycles. The summed E-state index contributed by atoms with van der Waals surface area (Å²) in [4.78, 5) is 27.0. The van der Waals surface area contributed by atoms with E-state index >= 15 is 0 Å². The van der Waals surface area contributed by atoms with Crippen LogP contribution in [-0.2, 0) is 21.7 Å². The Hall–Kier alpha value is -2.22. The van der Waals surface area contributed by atoms with Crippen molar-refractivity contribution in [2.24, 2.45) is 0 Å². The summed E-state index contributed by atoms with van der Waals surface area (Å²) >= 11 is 0. The van der Waals surface area contributed by atoms with E-state index < -0.39 is 11.6 Å². The van der Waals surface area contributed by atoms with Crippen LogP contribution in [0.3, 0.4) is 0 Å². The number of hydrogen-bond acceptors (Lipinski definition) is 2. The monoisotopic (exact) mass is 434 g/mol. The maximum atomic E-state index is 13.5. The molecule has 0 unspecified atom stereocenters. The van der Waals surface area contributed by atoms with Gasteiger partial charge in [-0.15, -0.1) is 0 Å². The Bertz CT molecular complexity index is 876. The molecule has 0 amide bonds. The highest BCUT2D eigenvalue weighted by atomic mass is 16.2. The van der Waals surface area contributed by atoms with E-state index in [0.29, 0.717) is 11.1 Å². The number of rotatable bonds is 3. The van der Waals surface area contributed by atoms with Crippen molar-refractivity contribution in [1.82, 2.24) is 0 Å². The molecule has 2 nitrogen and oxygen atoms in total. The number of carbonyl (C=O) groups excluding carboxylic acids is 2. The van der Waals surface area contributed by atoms with E-state index in [1.54, 1.807) is 0 Å². The Balaban J connectivity index is 2.66. The first kappa shape index (κ1) is 26.0. The molecule has 2 rings (SSSR count). The lowest BCUT2D eigenvalue weighted by Crippen LogP contribution is -2.22. The van der Waals surface area contributed by atoms with Crippen LogP contribution in [0.1, 0.15) is 126 Å². The van der Waals surface area contributed by atoms with E-state index in [0.717, 1.165) is 22.3 Å². The molecule has 2 aromatic rings. The van der Waals surface area contributed by atoms with E-state index in [-0.39, 0.29) is 21.7 Å². The Morgan fingerprint density at radius 2 is 0.594 bits per heavy atom. The minimum absolute atomic E-state index is 0.120. The predicted octanol–water partition coefficient (Wildman–Crippen LogP) is 7.94. The van der Waals surface area contributed by atoms with E-state index in [2.05, 4.69) is 95.2 Å². The highest BCUT2D eigenvalue weighted by Gasteiger charge is 2.28. The van der Waals surface area contributed by atoms with Crippen molar-refractivity contribution in [3.8, 4) is 0 Å². The second-order valence-corrected chi connectivity index (χ2v) is 13.3. The van der Waals surface area contributed by atoms with Gasteiger partial charge < -0.3 is 0 Å². The Morgan fingerprint density at radius 1 is 0.406 bits per heavy atom. The van der Waals surface area contributed by atoms with Crippen molar-refractivity contribution in [3.63, 3.8) is 0 Å². The van der Waals surface area contributed by atoms with Crippen molar-refractivity contribution in [2.75, 3.05) is 0 Å². The summed E-state index contributed by atoms with van der Waals surface area (Å²) in [5.74, 6) is -0.875. The fourth-order valence-electron chi connectivity index (χ4n) is 3.51. The summed E-state index contributed by atoms with van der Waals surface area (Å²) in [6.45, 7) is 25.6. The fourth-order valence-corrected chi connectivity index (χ4v) is 3.51. The van der Waals surface area contributed by atoms with E-state index in [9.17, 15) is 9.59 Å². The predicted molar refractivity (Wildman–Crippen MR) is 136 cm³/mol. The first-order valence-electron chi connectivity index (χ1n) is 11.6. The summed E-state index contributed by atoms with van der Waals surface area (Å²) in [6, 6.07) is 11.9. The maximum Gasteiger partial charge on any atom is 0.233 e. The lowest BCUT2D eigenvalue weighted by atomic mass is 9.77. The van der Waals surface area contributed by atoms with Gasteiger partial charge in [0.1, 0.15) is 0 Å². The van der Waals surface area contributed by atoms with Crippen molar-refractivity contribution in [1.29, 1.82) is 0 Å². The minimum atomic E-state index is -0.437. The largest absolute Gasteiger partial charge is 0.285 e. The van der Waals surface area contributed by atoms with Gasteiger partial charge in [0, 0.05) is 11.1 Å². The van der Waals surface area contributed by atoms with Crippen LogP contribution >= 0.6 is 0 Å². The molecule has 0 saturated heterocycles. The summed E-state index contributed by atoms with van der Waals surface area (Å²) in [7, 11) is 0. The molecule has 32 heavy (non-hydrogen) atoms. The van der Waals surface area contributed by atoms with Gasteiger partial charge in [-0.3, -0.25) is 9.59 Å². The quantitative estimate of drug-likeness (QED) is 0.363. The molecule has 2 heteroatoms. The first-order chi connectivity index (χ1) is 14.2. The molecular weight excluding hydrogens is 392 g/mol. The van der Waals surface area contributed by atoms with Crippen molar-refractivity contribution >= 4 is 11.6 Å². The Morgan fingerprint density at radius 3 is 0.750 bits per heavy atom. The Labute approximate surface area is 195 Å². The van der Waals surface area contributed by atoms with Crippen molar-refractivity contribution in [3.05, 3.63) is 69.8 Å². The van der Waals surface area contributed by atoms with Gasteiger partial charge in [0.25, 0.3) is 0 Å². The second-order valence-electron chi connectivity index (χ2n) is 13.3. The van der Waals surface area contributed by atoms with Crippen LogP contribution in [0.4, 0.5) is 0 Å². The molecule has 0 heterocycles. The molecule has 0 aromatic heterocycles. The first-order valence-corrected chi connectivity index (χ1v) is 11.6. The number of hydrogen-bond donors (Lipinski definition) is 0. The number of ketones is 2. The molecule has 0 aliphatic heterocycles. The topological polar surface area (TPSA) is 34.1 Å². The lowest BCUT2D eigenvalue weighted by molar-refractivity contribution is 0.0816. The van der Waals surface area contributed by atoms with Crippen LogP contribution in [0.25, 0.3) is 0 Å². The number of carbonyl (C=O) groups is 2. The van der Waals surface area contributed by atoms with Crippen LogP contribution in [0.2, 0.25) is 0 Å². The van der Waals surface area contributed by atoms with Gasteiger partial charge in [0.2, 0.25) is 11.6 Å². The van der Waals surface area contributed by atoms with Crippen LogP contribution in [-0.4, -0.2) is 11.6 Å². The smallest absolute Gasteiger partial charge is 0.233 e. The molecule has 2 aromatic carbocycles. The zero-order valence-corrected chi connectivity index (χ0v) is 22.3. The zero-order chi connectivity index (χ0) is 24.9. The van der Waals surface area contributed by atoms with Gasteiger partial charge >= 0.3 is 0 Å². The van der Waals surface area contributed by atoms with Gasteiger partial charge in [-0.05, 0) is 68.2 Å². The molecule has 0 atom stereocenters. The Kier molecular flexibility index (Phi) is 6.74. The summed E-state index contributed by atoms with van der Waals surface area (Å²) in [5.41, 5.74) is 4.75. The fraction of sp³-hybridized carbons (Fsp3) is 0.533. The molecule has 0 fully saturated rings. The van der Waals surface area contributed by atoms with Crippen LogP contribution in [0.15, 0.2) is 36.4 Å². The number of benzene rings is 2. The van der Waals surface area contributed by atoms with Gasteiger partial charge in [-0.25, -0.2) is 0 Å². The normalized spacial score (nSPS) is 13.2. The third kappa shape index (κ3) is 5.97. The average Bonchev–Trinajstić information content (AvgIpc) is 2.63. The van der Waals surface area contributed by atoms with E-state index in [1.165, 1.54) is 0 Å². The van der Waals surface area contributed by atoms with Crippen LogP contribution < -0.4 is 0 Å². The molecule has 0 N–H and O–H groups in total. The molecule has 0 saturated carbocycles. The van der Waals surface area contributed by atoms with Crippen LogP contribution in [0.5, 0.6) is 0 Å². The molecule has 0 bridgehead atoms.